The zero-order valence-corrected chi connectivity index (χ0v) is 11.5. The monoisotopic (exact) mass is 279 g/mol. The first-order valence-corrected chi connectivity index (χ1v) is 6.43. The molecule has 20 heavy (non-hydrogen) atoms. The number of rotatable bonds is 5. The van der Waals surface area contributed by atoms with Crippen LogP contribution in [0.2, 0.25) is 0 Å². The van der Waals surface area contributed by atoms with Crippen molar-refractivity contribution in [2.45, 2.75) is 31.8 Å². The van der Waals surface area contributed by atoms with Gasteiger partial charge in [-0.05, 0) is 44.5 Å². The van der Waals surface area contributed by atoms with Crippen LogP contribution < -0.4 is 5.73 Å². The van der Waals surface area contributed by atoms with E-state index in [1.165, 1.54) is 12.1 Å². The van der Waals surface area contributed by atoms with Crippen molar-refractivity contribution in [3.05, 3.63) is 47.4 Å². The molecule has 3 N–H and O–H groups in total. The number of aliphatic hydroxyl groups excluding tert-OH is 1. The molecular weight excluding hydrogens is 261 g/mol. The van der Waals surface area contributed by atoms with Crippen LogP contribution in [0.15, 0.2) is 28.8 Å². The summed E-state index contributed by atoms with van der Waals surface area (Å²) in [6.07, 6.45) is -0.497. The lowest BCUT2D eigenvalue weighted by Gasteiger charge is -2.20. The summed E-state index contributed by atoms with van der Waals surface area (Å²) in [6.45, 7) is 4.15. The van der Waals surface area contributed by atoms with Crippen molar-refractivity contribution in [1.29, 1.82) is 0 Å². The molecule has 0 saturated heterocycles. The van der Waals surface area contributed by atoms with Gasteiger partial charge in [0.05, 0.1) is 5.41 Å². The Kier molecular flexibility index (Phi) is 4.15. The van der Waals surface area contributed by atoms with Crippen molar-refractivity contribution in [2.24, 2.45) is 5.73 Å². The number of benzene rings is 1. The predicted octanol–water partition coefficient (Wildman–Crippen LogP) is 1.92. The van der Waals surface area contributed by atoms with E-state index in [4.69, 9.17) is 10.3 Å². The van der Waals surface area contributed by atoms with Crippen LogP contribution in [0, 0.1) is 5.82 Å². The molecule has 1 aromatic heterocycles. The van der Waals surface area contributed by atoms with E-state index in [1.54, 1.807) is 12.1 Å². The molecule has 0 fully saturated rings. The Bertz CT molecular complexity index is 566. The fourth-order valence-corrected chi connectivity index (χ4v) is 1.90. The second-order valence-corrected chi connectivity index (χ2v) is 5.18. The van der Waals surface area contributed by atoms with Gasteiger partial charge in [-0.2, -0.15) is 4.98 Å². The topological polar surface area (TPSA) is 85.2 Å². The zero-order chi connectivity index (χ0) is 14.8. The van der Waals surface area contributed by atoms with Crippen molar-refractivity contribution in [2.75, 3.05) is 6.54 Å². The summed E-state index contributed by atoms with van der Waals surface area (Å²) in [5.74, 6) is 0.299. The molecule has 0 aliphatic heterocycles. The number of hydrogen-bond acceptors (Lipinski definition) is 5. The molecule has 6 heteroatoms. The highest BCUT2D eigenvalue weighted by atomic mass is 19.1. The van der Waals surface area contributed by atoms with Gasteiger partial charge in [-0.15, -0.1) is 0 Å². The lowest BCUT2D eigenvalue weighted by Crippen LogP contribution is -2.21. The standard InChI is InChI=1S/C14H18FN3O2/c1-14(2,9-3-5-10(15)6-4-9)13-17-12(20-18-13)11(19)7-8-16/h3-6,11,19H,7-8,16H2,1-2H3. The average Bonchev–Trinajstić information content (AvgIpc) is 2.90. The number of nitrogens with zero attached hydrogens (tertiary/aromatic N) is 2. The number of halogens is 1. The van der Waals surface area contributed by atoms with Crippen molar-refractivity contribution >= 4 is 0 Å². The van der Waals surface area contributed by atoms with Gasteiger partial charge in [0.25, 0.3) is 5.89 Å². The molecule has 0 aliphatic rings. The number of aliphatic hydroxyl groups is 1. The largest absolute Gasteiger partial charge is 0.383 e. The zero-order valence-electron chi connectivity index (χ0n) is 11.5. The molecule has 0 aliphatic carbocycles. The van der Waals surface area contributed by atoms with E-state index >= 15 is 0 Å². The molecule has 0 radical (unpaired) electrons. The fraction of sp³-hybridized carbons (Fsp3) is 0.429. The Morgan fingerprint density at radius 1 is 1.35 bits per heavy atom. The normalized spacial score (nSPS) is 13.4. The third kappa shape index (κ3) is 2.86. The van der Waals surface area contributed by atoms with Gasteiger partial charge < -0.3 is 15.4 Å². The molecule has 1 aromatic carbocycles. The minimum atomic E-state index is -0.856. The van der Waals surface area contributed by atoms with Crippen molar-refractivity contribution in [1.82, 2.24) is 10.1 Å². The number of nitrogens with two attached hydrogens (primary N) is 1. The molecule has 2 rings (SSSR count). The quantitative estimate of drug-likeness (QED) is 0.873. The van der Waals surface area contributed by atoms with E-state index in [0.717, 1.165) is 5.56 Å². The molecule has 1 atom stereocenters. The summed E-state index contributed by atoms with van der Waals surface area (Å²) < 4.78 is 18.0. The SMILES string of the molecule is CC(C)(c1ccc(F)cc1)c1noc(C(O)CCN)n1. The predicted molar refractivity (Wildman–Crippen MR) is 71.5 cm³/mol. The maximum atomic E-state index is 13.0. The average molecular weight is 279 g/mol. The summed E-state index contributed by atoms with van der Waals surface area (Å²) in [5.41, 5.74) is 5.70. The van der Waals surface area contributed by atoms with Crippen molar-refractivity contribution in [3.8, 4) is 0 Å². The van der Waals surface area contributed by atoms with Gasteiger partial charge in [0.2, 0.25) is 0 Å². The molecular formula is C14H18FN3O2. The molecule has 1 unspecified atom stereocenters. The summed E-state index contributed by atoms with van der Waals surface area (Å²) in [7, 11) is 0. The van der Waals surface area contributed by atoms with Crippen LogP contribution in [-0.2, 0) is 5.41 Å². The van der Waals surface area contributed by atoms with Crippen LogP contribution in [-0.4, -0.2) is 21.8 Å². The van der Waals surface area contributed by atoms with E-state index < -0.39 is 11.5 Å². The van der Waals surface area contributed by atoms with E-state index in [2.05, 4.69) is 10.1 Å². The van der Waals surface area contributed by atoms with Gasteiger partial charge in [0.1, 0.15) is 11.9 Å². The highest BCUT2D eigenvalue weighted by Crippen LogP contribution is 2.30. The highest BCUT2D eigenvalue weighted by Gasteiger charge is 2.30. The van der Waals surface area contributed by atoms with Crippen LogP contribution >= 0.6 is 0 Å². The molecule has 108 valence electrons. The molecule has 0 spiro atoms. The first-order chi connectivity index (χ1) is 9.45. The van der Waals surface area contributed by atoms with Crippen LogP contribution in [0.4, 0.5) is 4.39 Å². The Morgan fingerprint density at radius 3 is 2.60 bits per heavy atom. The van der Waals surface area contributed by atoms with E-state index in [-0.39, 0.29) is 11.7 Å². The summed E-state index contributed by atoms with van der Waals surface area (Å²) in [6, 6.07) is 6.14. The van der Waals surface area contributed by atoms with Gasteiger partial charge in [0.15, 0.2) is 5.82 Å². The Morgan fingerprint density at radius 2 is 2.00 bits per heavy atom. The van der Waals surface area contributed by atoms with Gasteiger partial charge in [-0.1, -0.05) is 17.3 Å². The van der Waals surface area contributed by atoms with Crippen LogP contribution in [0.3, 0.4) is 0 Å². The Hall–Kier alpha value is -1.79. The minimum absolute atomic E-state index is 0.153. The highest BCUT2D eigenvalue weighted by molar-refractivity contribution is 5.30. The molecule has 1 heterocycles. The first kappa shape index (κ1) is 14.6. The third-order valence-corrected chi connectivity index (χ3v) is 3.29. The molecule has 0 amide bonds. The van der Waals surface area contributed by atoms with Crippen LogP contribution in [0.25, 0.3) is 0 Å². The molecule has 5 nitrogen and oxygen atoms in total. The lowest BCUT2D eigenvalue weighted by atomic mass is 9.84. The Balaban J connectivity index is 2.27. The Labute approximate surface area is 116 Å². The maximum Gasteiger partial charge on any atom is 0.255 e. The smallest absolute Gasteiger partial charge is 0.255 e. The van der Waals surface area contributed by atoms with E-state index in [9.17, 15) is 9.50 Å². The molecule has 0 saturated carbocycles. The van der Waals surface area contributed by atoms with Gasteiger partial charge >= 0.3 is 0 Å². The van der Waals surface area contributed by atoms with Crippen LogP contribution in [0.5, 0.6) is 0 Å². The number of aromatic nitrogens is 2. The summed E-state index contributed by atoms with van der Waals surface area (Å²) in [4.78, 5) is 4.22. The van der Waals surface area contributed by atoms with Crippen LogP contribution in [0.1, 0.15) is 43.7 Å². The second kappa shape index (κ2) is 5.68. The van der Waals surface area contributed by atoms with Crippen molar-refractivity contribution < 1.29 is 14.0 Å². The maximum absolute atomic E-state index is 13.0. The first-order valence-electron chi connectivity index (χ1n) is 6.43. The second-order valence-electron chi connectivity index (χ2n) is 5.18. The fourth-order valence-electron chi connectivity index (χ4n) is 1.90. The number of hydrogen-bond donors (Lipinski definition) is 2. The van der Waals surface area contributed by atoms with Crippen molar-refractivity contribution in [3.63, 3.8) is 0 Å². The van der Waals surface area contributed by atoms with E-state index in [1.807, 2.05) is 13.8 Å². The molecule has 0 bridgehead atoms. The lowest BCUT2D eigenvalue weighted by molar-refractivity contribution is 0.127. The van der Waals surface area contributed by atoms with Gasteiger partial charge in [-0.25, -0.2) is 4.39 Å². The van der Waals surface area contributed by atoms with E-state index in [0.29, 0.717) is 18.8 Å². The minimum Gasteiger partial charge on any atom is -0.383 e. The summed E-state index contributed by atoms with van der Waals surface area (Å²) >= 11 is 0. The summed E-state index contributed by atoms with van der Waals surface area (Å²) in [5, 5.41) is 13.7. The van der Waals surface area contributed by atoms with Gasteiger partial charge in [-0.3, -0.25) is 0 Å². The molecule has 2 aromatic rings. The third-order valence-electron chi connectivity index (χ3n) is 3.29. The van der Waals surface area contributed by atoms with Gasteiger partial charge in [0, 0.05) is 0 Å².